The van der Waals surface area contributed by atoms with Gasteiger partial charge < -0.3 is 10.5 Å². The van der Waals surface area contributed by atoms with Gasteiger partial charge in [0.15, 0.2) is 0 Å². The van der Waals surface area contributed by atoms with Crippen molar-refractivity contribution < 1.29 is 9.53 Å². The number of thioether (sulfide) groups is 1. The van der Waals surface area contributed by atoms with Gasteiger partial charge in [-0.2, -0.15) is 0 Å². The number of nitrogens with two attached hydrogens (primary N) is 1. The minimum Gasteiger partial charge on any atom is -0.465 e. The predicted molar refractivity (Wildman–Crippen MR) is 80.5 cm³/mol. The number of pyridine rings is 1. The molecule has 2 atom stereocenters. The molecule has 2 rings (SSSR count). The monoisotopic (exact) mass is 294 g/mol. The highest BCUT2D eigenvalue weighted by molar-refractivity contribution is 7.99. The van der Waals surface area contributed by atoms with E-state index < -0.39 is 5.54 Å². The van der Waals surface area contributed by atoms with Crippen LogP contribution in [0.2, 0.25) is 0 Å². The first kappa shape index (κ1) is 15.3. The normalized spacial score (nSPS) is 25.6. The Kier molecular flexibility index (Phi) is 5.43. The summed E-state index contributed by atoms with van der Waals surface area (Å²) in [7, 11) is 0. The van der Waals surface area contributed by atoms with Gasteiger partial charge in [-0.15, -0.1) is 11.8 Å². The second-order valence-electron chi connectivity index (χ2n) is 5.17. The van der Waals surface area contributed by atoms with Crippen LogP contribution >= 0.6 is 11.8 Å². The van der Waals surface area contributed by atoms with E-state index >= 15 is 0 Å². The third-order valence-electron chi connectivity index (χ3n) is 3.91. The number of hydrogen-bond acceptors (Lipinski definition) is 5. The van der Waals surface area contributed by atoms with E-state index in [0.29, 0.717) is 6.61 Å². The Hall–Kier alpha value is -1.07. The summed E-state index contributed by atoms with van der Waals surface area (Å²) in [5, 5.41) is 0. The summed E-state index contributed by atoms with van der Waals surface area (Å²) in [6, 6.07) is 4.00. The van der Waals surface area contributed by atoms with E-state index in [1.165, 1.54) is 4.90 Å². The molecule has 4 nitrogen and oxygen atoms in total. The van der Waals surface area contributed by atoms with Crippen molar-refractivity contribution in [2.75, 3.05) is 12.4 Å². The van der Waals surface area contributed by atoms with E-state index in [4.69, 9.17) is 10.5 Å². The van der Waals surface area contributed by atoms with Crippen LogP contribution in [-0.4, -0.2) is 28.9 Å². The zero-order valence-electron chi connectivity index (χ0n) is 11.9. The first-order chi connectivity index (χ1) is 9.66. The number of ether oxygens (including phenoxy) is 1. The molecule has 20 heavy (non-hydrogen) atoms. The van der Waals surface area contributed by atoms with Crippen molar-refractivity contribution in [3.8, 4) is 0 Å². The molecule has 0 aromatic carbocycles. The fourth-order valence-electron chi connectivity index (χ4n) is 2.79. The summed E-state index contributed by atoms with van der Waals surface area (Å²) in [5.74, 6) is 0.972. The van der Waals surface area contributed by atoms with Gasteiger partial charge in [-0.3, -0.25) is 9.78 Å². The first-order valence-corrected chi connectivity index (χ1v) is 8.14. The Labute approximate surface area is 124 Å². The largest absolute Gasteiger partial charge is 0.465 e. The maximum atomic E-state index is 12.0. The van der Waals surface area contributed by atoms with Crippen molar-refractivity contribution in [1.82, 2.24) is 4.98 Å². The van der Waals surface area contributed by atoms with Crippen LogP contribution in [0.25, 0.3) is 0 Å². The van der Waals surface area contributed by atoms with Crippen LogP contribution in [0.5, 0.6) is 0 Å². The van der Waals surface area contributed by atoms with Gasteiger partial charge >= 0.3 is 5.97 Å². The number of carbonyl (C=O) groups excluding carboxylic acids is 1. The van der Waals surface area contributed by atoms with Gasteiger partial charge in [0.25, 0.3) is 0 Å². The third kappa shape index (κ3) is 3.52. The SMILES string of the molecule is CCOC(=O)C1(N)CCCC1CCSc1ccncc1. The highest BCUT2D eigenvalue weighted by atomic mass is 32.2. The van der Waals surface area contributed by atoms with Gasteiger partial charge in [0.2, 0.25) is 0 Å². The van der Waals surface area contributed by atoms with Crippen molar-refractivity contribution in [3.63, 3.8) is 0 Å². The molecule has 1 heterocycles. The van der Waals surface area contributed by atoms with E-state index in [2.05, 4.69) is 4.98 Å². The lowest BCUT2D eigenvalue weighted by Gasteiger charge is -2.28. The molecule has 1 aliphatic carbocycles. The molecule has 1 saturated carbocycles. The van der Waals surface area contributed by atoms with Crippen molar-refractivity contribution in [2.45, 2.75) is 43.0 Å². The summed E-state index contributed by atoms with van der Waals surface area (Å²) in [5.41, 5.74) is 5.55. The molecular weight excluding hydrogens is 272 g/mol. The Morgan fingerprint density at radius 3 is 3.00 bits per heavy atom. The van der Waals surface area contributed by atoms with Crippen LogP contribution in [0.3, 0.4) is 0 Å². The van der Waals surface area contributed by atoms with Gasteiger partial charge in [-0.25, -0.2) is 0 Å². The Morgan fingerprint density at radius 2 is 2.30 bits per heavy atom. The van der Waals surface area contributed by atoms with Gasteiger partial charge in [0.05, 0.1) is 6.61 Å². The Balaban J connectivity index is 1.86. The number of aromatic nitrogens is 1. The van der Waals surface area contributed by atoms with Crippen LogP contribution in [0.15, 0.2) is 29.4 Å². The minimum absolute atomic E-state index is 0.226. The van der Waals surface area contributed by atoms with Crippen LogP contribution in [0.1, 0.15) is 32.6 Å². The molecule has 1 fully saturated rings. The van der Waals surface area contributed by atoms with Crippen molar-refractivity contribution in [1.29, 1.82) is 0 Å². The smallest absolute Gasteiger partial charge is 0.326 e. The van der Waals surface area contributed by atoms with Crippen LogP contribution in [0, 0.1) is 5.92 Å². The quantitative estimate of drug-likeness (QED) is 0.645. The molecule has 0 saturated heterocycles. The lowest BCUT2D eigenvalue weighted by Crippen LogP contribution is -2.52. The lowest BCUT2D eigenvalue weighted by molar-refractivity contribution is -0.151. The zero-order valence-corrected chi connectivity index (χ0v) is 12.7. The van der Waals surface area contributed by atoms with E-state index in [9.17, 15) is 4.79 Å². The second-order valence-corrected chi connectivity index (χ2v) is 6.34. The van der Waals surface area contributed by atoms with Crippen LogP contribution in [-0.2, 0) is 9.53 Å². The molecule has 2 N–H and O–H groups in total. The molecule has 0 bridgehead atoms. The predicted octanol–water partition coefficient (Wildman–Crippen LogP) is 2.62. The minimum atomic E-state index is -0.769. The fraction of sp³-hybridized carbons (Fsp3) is 0.600. The summed E-state index contributed by atoms with van der Waals surface area (Å²) in [4.78, 5) is 17.3. The molecule has 1 aliphatic rings. The maximum Gasteiger partial charge on any atom is 0.326 e. The van der Waals surface area contributed by atoms with Gasteiger partial charge in [0.1, 0.15) is 5.54 Å². The molecule has 1 aromatic heterocycles. The molecule has 2 unspecified atom stereocenters. The number of carbonyl (C=O) groups is 1. The summed E-state index contributed by atoms with van der Waals surface area (Å²) >= 11 is 1.79. The van der Waals surface area contributed by atoms with Gasteiger partial charge in [-0.05, 0) is 50.0 Å². The van der Waals surface area contributed by atoms with Crippen molar-refractivity contribution in [2.24, 2.45) is 11.7 Å². The lowest BCUT2D eigenvalue weighted by atomic mass is 9.86. The molecule has 5 heteroatoms. The summed E-state index contributed by atoms with van der Waals surface area (Å²) < 4.78 is 5.14. The van der Waals surface area contributed by atoms with Crippen molar-refractivity contribution >= 4 is 17.7 Å². The Bertz CT molecular complexity index is 441. The number of esters is 1. The van der Waals surface area contributed by atoms with E-state index in [1.807, 2.05) is 19.1 Å². The van der Waals surface area contributed by atoms with Gasteiger partial charge in [0, 0.05) is 17.3 Å². The summed E-state index contributed by atoms with van der Waals surface area (Å²) in [6.07, 6.45) is 7.32. The zero-order chi connectivity index (χ0) is 14.4. The fourth-order valence-corrected chi connectivity index (χ4v) is 3.74. The molecule has 0 spiro atoms. The highest BCUT2D eigenvalue weighted by Crippen LogP contribution is 2.38. The van der Waals surface area contributed by atoms with Crippen LogP contribution in [0.4, 0.5) is 0 Å². The van der Waals surface area contributed by atoms with Gasteiger partial charge in [-0.1, -0.05) is 6.42 Å². The maximum absolute atomic E-state index is 12.0. The van der Waals surface area contributed by atoms with E-state index in [-0.39, 0.29) is 11.9 Å². The molecule has 0 amide bonds. The topological polar surface area (TPSA) is 65.2 Å². The standard InChI is InChI=1S/C15H22N2O2S/c1-2-19-14(18)15(16)8-3-4-12(15)7-11-20-13-5-9-17-10-6-13/h5-6,9-10,12H,2-4,7-8,11,16H2,1H3. The number of hydrogen-bond donors (Lipinski definition) is 1. The molecule has 110 valence electrons. The van der Waals surface area contributed by atoms with Crippen molar-refractivity contribution in [3.05, 3.63) is 24.5 Å². The molecule has 0 radical (unpaired) electrons. The summed E-state index contributed by atoms with van der Waals surface area (Å²) in [6.45, 7) is 2.22. The molecule has 1 aromatic rings. The van der Waals surface area contributed by atoms with E-state index in [0.717, 1.165) is 31.4 Å². The molecule has 0 aliphatic heterocycles. The number of nitrogens with zero attached hydrogens (tertiary/aromatic N) is 1. The average molecular weight is 294 g/mol. The average Bonchev–Trinajstić information content (AvgIpc) is 2.83. The number of rotatable bonds is 6. The highest BCUT2D eigenvalue weighted by Gasteiger charge is 2.46. The molecular formula is C15H22N2O2S. The first-order valence-electron chi connectivity index (χ1n) is 7.15. The third-order valence-corrected chi connectivity index (χ3v) is 4.96. The van der Waals surface area contributed by atoms with E-state index in [1.54, 1.807) is 24.2 Å². The van der Waals surface area contributed by atoms with Crippen LogP contribution < -0.4 is 5.73 Å². The Morgan fingerprint density at radius 1 is 1.55 bits per heavy atom. The second kappa shape index (κ2) is 7.09.